The minimum Gasteiger partial charge on any atom is -0.497 e. The lowest BCUT2D eigenvalue weighted by atomic mass is 10.1. The molecule has 6 nitrogen and oxygen atoms in total. The summed E-state index contributed by atoms with van der Waals surface area (Å²) >= 11 is 0. The van der Waals surface area contributed by atoms with E-state index in [4.69, 9.17) is 9.84 Å². The summed E-state index contributed by atoms with van der Waals surface area (Å²) < 4.78 is 5.00. The van der Waals surface area contributed by atoms with Crippen LogP contribution in [0.1, 0.15) is 13.8 Å². The van der Waals surface area contributed by atoms with Crippen LogP contribution in [0.5, 0.6) is 5.75 Å². The van der Waals surface area contributed by atoms with Gasteiger partial charge in [0.25, 0.3) is 0 Å². The number of amides is 2. The van der Waals surface area contributed by atoms with Gasteiger partial charge in [0.1, 0.15) is 11.8 Å². The lowest BCUT2D eigenvalue weighted by molar-refractivity contribution is -0.140. The Kier molecular flexibility index (Phi) is 5.17. The minimum atomic E-state index is -1.06. The molecule has 1 rings (SSSR count). The van der Waals surface area contributed by atoms with Crippen LogP contribution in [0.15, 0.2) is 24.3 Å². The van der Waals surface area contributed by atoms with Crippen LogP contribution in [-0.2, 0) is 4.79 Å². The fraction of sp³-hybridized carbons (Fsp3) is 0.385. The first-order chi connectivity index (χ1) is 8.93. The molecule has 104 valence electrons. The van der Waals surface area contributed by atoms with Crippen molar-refractivity contribution in [1.29, 1.82) is 0 Å². The number of benzene rings is 1. The number of rotatable bonds is 5. The molecule has 1 atom stereocenters. The lowest BCUT2D eigenvalue weighted by Crippen LogP contribution is -2.46. The Morgan fingerprint density at radius 1 is 1.21 bits per heavy atom. The molecule has 0 aliphatic rings. The van der Waals surface area contributed by atoms with Crippen LogP contribution in [0.2, 0.25) is 0 Å². The highest BCUT2D eigenvalue weighted by Gasteiger charge is 2.23. The number of carboxylic acid groups (broad SMARTS) is 1. The Labute approximate surface area is 111 Å². The maximum absolute atomic E-state index is 11.7. The number of aliphatic carboxylic acids is 1. The maximum atomic E-state index is 11.7. The van der Waals surface area contributed by atoms with Gasteiger partial charge in [-0.2, -0.15) is 0 Å². The van der Waals surface area contributed by atoms with Crippen molar-refractivity contribution in [3.05, 3.63) is 24.3 Å². The van der Waals surface area contributed by atoms with E-state index in [1.807, 2.05) is 0 Å². The van der Waals surface area contributed by atoms with Gasteiger partial charge in [-0.1, -0.05) is 13.8 Å². The van der Waals surface area contributed by atoms with Gasteiger partial charge in [-0.3, -0.25) is 0 Å². The van der Waals surface area contributed by atoms with Gasteiger partial charge in [0.15, 0.2) is 0 Å². The number of nitrogens with one attached hydrogen (secondary N) is 2. The summed E-state index contributed by atoms with van der Waals surface area (Å²) in [5.74, 6) is -0.574. The predicted molar refractivity (Wildman–Crippen MR) is 71.4 cm³/mol. The fourth-order valence-corrected chi connectivity index (χ4v) is 1.50. The van der Waals surface area contributed by atoms with Gasteiger partial charge < -0.3 is 20.5 Å². The molecule has 19 heavy (non-hydrogen) atoms. The zero-order valence-electron chi connectivity index (χ0n) is 11.1. The highest BCUT2D eigenvalue weighted by atomic mass is 16.5. The molecule has 0 fully saturated rings. The van der Waals surface area contributed by atoms with Gasteiger partial charge in [0, 0.05) is 5.69 Å². The topological polar surface area (TPSA) is 87.7 Å². The van der Waals surface area contributed by atoms with Crippen LogP contribution in [0.3, 0.4) is 0 Å². The van der Waals surface area contributed by atoms with Gasteiger partial charge in [-0.25, -0.2) is 9.59 Å². The van der Waals surface area contributed by atoms with Crippen molar-refractivity contribution in [2.24, 2.45) is 5.92 Å². The van der Waals surface area contributed by atoms with E-state index in [0.717, 1.165) is 0 Å². The molecule has 0 heterocycles. The van der Waals surface area contributed by atoms with E-state index in [9.17, 15) is 9.59 Å². The van der Waals surface area contributed by atoms with E-state index in [-0.39, 0.29) is 5.92 Å². The number of carboxylic acids is 1. The second-order valence-electron chi connectivity index (χ2n) is 4.39. The number of urea groups is 1. The Bertz CT molecular complexity index is 442. The van der Waals surface area contributed by atoms with Crippen LogP contribution in [0.4, 0.5) is 10.5 Å². The molecule has 0 bridgehead atoms. The summed E-state index contributed by atoms with van der Waals surface area (Å²) in [5, 5.41) is 13.9. The molecule has 1 aromatic rings. The Morgan fingerprint density at radius 2 is 1.79 bits per heavy atom. The Hall–Kier alpha value is -2.24. The summed E-state index contributed by atoms with van der Waals surface area (Å²) in [7, 11) is 1.55. The maximum Gasteiger partial charge on any atom is 0.326 e. The molecule has 0 unspecified atom stereocenters. The normalized spacial score (nSPS) is 11.8. The van der Waals surface area contributed by atoms with Gasteiger partial charge >= 0.3 is 12.0 Å². The SMILES string of the molecule is COc1ccc(NC(=O)N[C@H](C(=O)O)C(C)C)cc1. The first-order valence-corrected chi connectivity index (χ1v) is 5.88. The molecule has 0 aliphatic heterocycles. The van der Waals surface area contributed by atoms with Crippen LogP contribution >= 0.6 is 0 Å². The molecular weight excluding hydrogens is 248 g/mol. The van der Waals surface area contributed by atoms with Crippen molar-refractivity contribution in [1.82, 2.24) is 5.32 Å². The Balaban J connectivity index is 2.61. The first kappa shape index (κ1) is 14.8. The monoisotopic (exact) mass is 266 g/mol. The second kappa shape index (κ2) is 6.63. The molecule has 0 saturated carbocycles. The quantitative estimate of drug-likeness (QED) is 0.759. The van der Waals surface area contributed by atoms with E-state index in [2.05, 4.69) is 10.6 Å². The number of carbonyl (C=O) groups excluding carboxylic acids is 1. The number of ether oxygens (including phenoxy) is 1. The molecule has 3 N–H and O–H groups in total. The number of anilines is 1. The predicted octanol–water partition coefficient (Wildman–Crippen LogP) is 1.93. The average molecular weight is 266 g/mol. The van der Waals surface area contributed by atoms with Gasteiger partial charge in [-0.15, -0.1) is 0 Å². The van der Waals surface area contributed by atoms with Gasteiger partial charge in [0.2, 0.25) is 0 Å². The minimum absolute atomic E-state index is 0.195. The third-order valence-electron chi connectivity index (χ3n) is 2.57. The van der Waals surface area contributed by atoms with E-state index in [0.29, 0.717) is 11.4 Å². The summed E-state index contributed by atoms with van der Waals surface area (Å²) in [6.07, 6.45) is 0. The zero-order valence-corrected chi connectivity index (χ0v) is 11.1. The Morgan fingerprint density at radius 3 is 2.21 bits per heavy atom. The highest BCUT2D eigenvalue weighted by molar-refractivity contribution is 5.92. The third-order valence-corrected chi connectivity index (χ3v) is 2.57. The van der Waals surface area contributed by atoms with Crippen LogP contribution in [0.25, 0.3) is 0 Å². The summed E-state index contributed by atoms with van der Waals surface area (Å²) in [4.78, 5) is 22.6. The molecule has 0 aromatic heterocycles. The molecule has 0 spiro atoms. The third kappa shape index (κ3) is 4.50. The van der Waals surface area contributed by atoms with Crippen molar-refractivity contribution in [3.8, 4) is 5.75 Å². The number of hydrogen-bond acceptors (Lipinski definition) is 3. The average Bonchev–Trinajstić information content (AvgIpc) is 2.36. The molecule has 0 saturated heterocycles. The zero-order chi connectivity index (χ0) is 14.4. The molecule has 0 radical (unpaired) electrons. The van der Waals surface area contributed by atoms with E-state index in [1.165, 1.54) is 0 Å². The van der Waals surface area contributed by atoms with Crippen LogP contribution in [-0.4, -0.2) is 30.3 Å². The number of carbonyl (C=O) groups is 2. The number of methoxy groups -OCH3 is 1. The lowest BCUT2D eigenvalue weighted by Gasteiger charge is -2.18. The largest absolute Gasteiger partial charge is 0.497 e. The fourth-order valence-electron chi connectivity index (χ4n) is 1.50. The van der Waals surface area contributed by atoms with E-state index in [1.54, 1.807) is 45.2 Å². The summed E-state index contributed by atoms with van der Waals surface area (Å²) in [5.41, 5.74) is 0.561. The molecular formula is C13H18N2O4. The van der Waals surface area contributed by atoms with Gasteiger partial charge in [-0.05, 0) is 30.2 Å². The van der Waals surface area contributed by atoms with Gasteiger partial charge in [0.05, 0.1) is 7.11 Å². The summed E-state index contributed by atoms with van der Waals surface area (Å²) in [6, 6.07) is 5.27. The van der Waals surface area contributed by atoms with Crippen molar-refractivity contribution in [2.45, 2.75) is 19.9 Å². The second-order valence-corrected chi connectivity index (χ2v) is 4.39. The van der Waals surface area contributed by atoms with E-state index >= 15 is 0 Å². The molecule has 0 aliphatic carbocycles. The summed E-state index contributed by atoms with van der Waals surface area (Å²) in [6.45, 7) is 3.46. The van der Waals surface area contributed by atoms with Crippen molar-refractivity contribution < 1.29 is 19.4 Å². The smallest absolute Gasteiger partial charge is 0.326 e. The first-order valence-electron chi connectivity index (χ1n) is 5.88. The van der Waals surface area contributed by atoms with Crippen molar-refractivity contribution in [3.63, 3.8) is 0 Å². The number of hydrogen-bond donors (Lipinski definition) is 3. The van der Waals surface area contributed by atoms with Crippen LogP contribution < -0.4 is 15.4 Å². The van der Waals surface area contributed by atoms with Crippen molar-refractivity contribution in [2.75, 3.05) is 12.4 Å². The highest BCUT2D eigenvalue weighted by Crippen LogP contribution is 2.14. The molecule has 2 amide bonds. The molecule has 1 aromatic carbocycles. The van der Waals surface area contributed by atoms with E-state index < -0.39 is 18.0 Å². The van der Waals surface area contributed by atoms with Crippen molar-refractivity contribution >= 4 is 17.7 Å². The molecule has 6 heteroatoms. The standard InChI is InChI=1S/C13H18N2O4/c1-8(2)11(12(16)17)15-13(18)14-9-4-6-10(19-3)7-5-9/h4-8,11H,1-3H3,(H,16,17)(H2,14,15,18)/t11-/m0/s1. The van der Waals surface area contributed by atoms with Crippen LogP contribution in [0, 0.1) is 5.92 Å².